The van der Waals surface area contributed by atoms with Gasteiger partial charge in [0.2, 0.25) is 6.29 Å². The normalized spacial score (nSPS) is 41.9. The molecule has 4 saturated carbocycles. The van der Waals surface area contributed by atoms with Crippen LogP contribution in [0, 0.1) is 23.7 Å². The van der Waals surface area contributed by atoms with Gasteiger partial charge in [0.25, 0.3) is 0 Å². The highest BCUT2D eigenvalue weighted by atomic mass is 32.2. The molecule has 0 radical (unpaired) electrons. The number of aliphatic hydroxyl groups is 1. The summed E-state index contributed by atoms with van der Waals surface area (Å²) in [6.07, 6.45) is 1.39. The zero-order valence-electron chi connectivity index (χ0n) is 10.8. The van der Waals surface area contributed by atoms with Gasteiger partial charge in [0.15, 0.2) is 0 Å². The number of ether oxygens (including phenoxy) is 1. The topological polar surface area (TPSA) is 83.8 Å². The molecule has 0 amide bonds. The van der Waals surface area contributed by atoms with Crippen LogP contribution in [0.25, 0.3) is 0 Å². The Morgan fingerprint density at radius 1 is 1.05 bits per heavy atom. The number of halogens is 2. The summed E-state index contributed by atoms with van der Waals surface area (Å²) in [5.74, 6) is 1.43. The quantitative estimate of drug-likeness (QED) is 0.609. The van der Waals surface area contributed by atoms with E-state index < -0.39 is 27.8 Å². The third-order valence-electron chi connectivity index (χ3n) is 5.06. The Morgan fingerprint density at radius 3 is 1.90 bits per heavy atom. The summed E-state index contributed by atoms with van der Waals surface area (Å²) in [5.41, 5.74) is 0. The van der Waals surface area contributed by atoms with Crippen LogP contribution < -0.4 is 0 Å². The Balaban J connectivity index is 1.72. The molecule has 0 spiro atoms. The Morgan fingerprint density at radius 2 is 1.50 bits per heavy atom. The minimum absolute atomic E-state index is 0.109. The van der Waals surface area contributed by atoms with Crippen LogP contribution in [0.1, 0.15) is 32.1 Å². The van der Waals surface area contributed by atoms with Crippen LogP contribution in [-0.4, -0.2) is 35.7 Å². The standard InChI is InChI=1S/C12H18F2O5S/c13-12(14,20(16,17)18)11(15)19-10-8-2-6-1-7(4-8)5-9(10)3-6/h6-11,15H,1-5H2,(H,16,17,18). The van der Waals surface area contributed by atoms with Crippen molar-refractivity contribution in [2.75, 3.05) is 0 Å². The molecule has 4 aliphatic carbocycles. The summed E-state index contributed by atoms with van der Waals surface area (Å²) >= 11 is 0. The lowest BCUT2D eigenvalue weighted by Crippen LogP contribution is -2.53. The second-order valence-corrected chi connectivity index (χ2v) is 7.92. The third kappa shape index (κ3) is 2.26. The summed E-state index contributed by atoms with van der Waals surface area (Å²) in [5, 5.41) is 4.69. The van der Waals surface area contributed by atoms with E-state index in [1.807, 2.05) is 0 Å². The van der Waals surface area contributed by atoms with Crippen molar-refractivity contribution < 1.29 is 31.6 Å². The fourth-order valence-electron chi connectivity index (χ4n) is 4.45. The largest absolute Gasteiger partial charge is 0.418 e. The van der Waals surface area contributed by atoms with Crippen molar-refractivity contribution in [1.29, 1.82) is 0 Å². The van der Waals surface area contributed by atoms with Crippen LogP contribution in [0.5, 0.6) is 0 Å². The van der Waals surface area contributed by atoms with E-state index in [4.69, 9.17) is 9.29 Å². The fourth-order valence-corrected chi connectivity index (χ4v) is 4.76. The van der Waals surface area contributed by atoms with Crippen molar-refractivity contribution in [2.24, 2.45) is 23.7 Å². The van der Waals surface area contributed by atoms with Gasteiger partial charge in [0.05, 0.1) is 6.10 Å². The minimum atomic E-state index is -5.69. The summed E-state index contributed by atoms with van der Waals surface area (Å²) in [4.78, 5) is 0. The first-order valence-electron chi connectivity index (χ1n) is 6.87. The molecule has 1 unspecified atom stereocenters. The first kappa shape index (κ1) is 14.6. The highest BCUT2D eigenvalue weighted by molar-refractivity contribution is 7.86. The van der Waals surface area contributed by atoms with E-state index in [0.717, 1.165) is 25.7 Å². The summed E-state index contributed by atoms with van der Waals surface area (Å²) < 4.78 is 61.3. The predicted octanol–water partition coefficient (Wildman–Crippen LogP) is 1.63. The van der Waals surface area contributed by atoms with Gasteiger partial charge >= 0.3 is 15.4 Å². The summed E-state index contributed by atoms with van der Waals surface area (Å²) in [6.45, 7) is 0. The van der Waals surface area contributed by atoms with Crippen molar-refractivity contribution in [3.8, 4) is 0 Å². The minimum Gasteiger partial charge on any atom is -0.362 e. The van der Waals surface area contributed by atoms with Gasteiger partial charge in [-0.15, -0.1) is 0 Å². The molecule has 0 aromatic carbocycles. The van der Waals surface area contributed by atoms with Gasteiger partial charge in [-0.1, -0.05) is 0 Å². The van der Waals surface area contributed by atoms with Gasteiger partial charge in [-0.25, -0.2) is 0 Å². The van der Waals surface area contributed by atoms with Gasteiger partial charge < -0.3 is 9.84 Å². The van der Waals surface area contributed by atoms with Crippen LogP contribution in [0.3, 0.4) is 0 Å². The van der Waals surface area contributed by atoms with Crippen LogP contribution in [-0.2, 0) is 14.9 Å². The Labute approximate surface area is 116 Å². The number of alkyl halides is 2. The van der Waals surface area contributed by atoms with Crippen molar-refractivity contribution >= 4 is 10.1 Å². The molecule has 1 atom stereocenters. The molecular formula is C12H18F2O5S. The fraction of sp³-hybridized carbons (Fsp3) is 1.00. The maximum atomic E-state index is 13.3. The molecule has 0 aromatic rings. The van der Waals surface area contributed by atoms with E-state index in [1.165, 1.54) is 6.42 Å². The highest BCUT2D eigenvalue weighted by Gasteiger charge is 2.56. The van der Waals surface area contributed by atoms with E-state index in [2.05, 4.69) is 0 Å². The lowest BCUT2D eigenvalue weighted by atomic mass is 9.55. The van der Waals surface area contributed by atoms with Gasteiger partial charge in [0, 0.05) is 0 Å². The molecule has 0 saturated heterocycles. The van der Waals surface area contributed by atoms with Gasteiger partial charge in [-0.3, -0.25) is 4.55 Å². The van der Waals surface area contributed by atoms with Crippen LogP contribution in [0.2, 0.25) is 0 Å². The van der Waals surface area contributed by atoms with E-state index in [1.54, 1.807) is 0 Å². The maximum absolute atomic E-state index is 13.3. The second kappa shape index (κ2) is 4.59. The molecule has 0 aliphatic heterocycles. The van der Waals surface area contributed by atoms with Gasteiger partial charge in [-0.05, 0) is 55.8 Å². The van der Waals surface area contributed by atoms with Crippen molar-refractivity contribution in [1.82, 2.24) is 0 Å². The number of hydrogen-bond acceptors (Lipinski definition) is 4. The monoisotopic (exact) mass is 312 g/mol. The van der Waals surface area contributed by atoms with E-state index in [9.17, 15) is 22.3 Å². The number of aliphatic hydroxyl groups excluding tert-OH is 1. The lowest BCUT2D eigenvalue weighted by molar-refractivity contribution is -0.258. The molecule has 4 fully saturated rings. The molecule has 116 valence electrons. The molecule has 5 nitrogen and oxygen atoms in total. The first-order valence-corrected chi connectivity index (χ1v) is 8.31. The van der Waals surface area contributed by atoms with Crippen molar-refractivity contribution in [3.63, 3.8) is 0 Å². The molecule has 4 bridgehead atoms. The molecule has 8 heteroatoms. The molecule has 4 aliphatic rings. The molecule has 4 rings (SSSR count). The summed E-state index contributed by atoms with van der Waals surface area (Å²) in [6, 6.07) is 0. The Kier molecular flexibility index (Phi) is 3.36. The number of rotatable bonds is 4. The lowest BCUT2D eigenvalue weighted by Gasteiger charge is -2.54. The Bertz CT molecular complexity index is 464. The van der Waals surface area contributed by atoms with E-state index in [0.29, 0.717) is 11.8 Å². The SMILES string of the molecule is O=S(=O)(O)C(F)(F)C(O)OC1C2CC3CC(C2)CC1C3. The molecule has 20 heavy (non-hydrogen) atoms. The van der Waals surface area contributed by atoms with Crippen LogP contribution >= 0.6 is 0 Å². The first-order chi connectivity index (χ1) is 9.18. The van der Waals surface area contributed by atoms with Crippen molar-refractivity contribution in [3.05, 3.63) is 0 Å². The smallest absolute Gasteiger partial charge is 0.362 e. The average Bonchev–Trinajstić information content (AvgIpc) is 2.31. The molecule has 0 aromatic heterocycles. The zero-order chi connectivity index (χ0) is 14.7. The van der Waals surface area contributed by atoms with E-state index in [-0.39, 0.29) is 11.8 Å². The number of hydrogen-bond donors (Lipinski definition) is 2. The highest BCUT2D eigenvalue weighted by Crippen LogP contribution is 2.55. The molecule has 0 heterocycles. The van der Waals surface area contributed by atoms with Crippen LogP contribution in [0.4, 0.5) is 8.78 Å². The average molecular weight is 312 g/mol. The van der Waals surface area contributed by atoms with Crippen molar-refractivity contribution in [2.45, 2.75) is 49.8 Å². The second-order valence-electron chi connectivity index (χ2n) is 6.42. The Hall–Kier alpha value is -0.310. The maximum Gasteiger partial charge on any atom is 0.418 e. The van der Waals surface area contributed by atoms with Crippen LogP contribution in [0.15, 0.2) is 0 Å². The van der Waals surface area contributed by atoms with Gasteiger partial charge in [0.1, 0.15) is 0 Å². The summed E-state index contributed by atoms with van der Waals surface area (Å²) in [7, 11) is -5.69. The predicted molar refractivity (Wildman–Crippen MR) is 64.4 cm³/mol. The molecule has 2 N–H and O–H groups in total. The van der Waals surface area contributed by atoms with Gasteiger partial charge in [-0.2, -0.15) is 17.2 Å². The third-order valence-corrected chi connectivity index (χ3v) is 5.95. The van der Waals surface area contributed by atoms with E-state index >= 15 is 0 Å². The zero-order valence-corrected chi connectivity index (χ0v) is 11.6. The molecular weight excluding hydrogens is 294 g/mol.